The molecule has 1 aromatic rings. The van der Waals surface area contributed by atoms with Crippen LogP contribution in [-0.2, 0) is 6.54 Å². The van der Waals surface area contributed by atoms with Crippen molar-refractivity contribution in [2.24, 2.45) is 5.41 Å². The number of hydrogen-bond donors (Lipinski definition) is 1. The van der Waals surface area contributed by atoms with Gasteiger partial charge < -0.3 is 19.7 Å². The Morgan fingerprint density at radius 2 is 1.86 bits per heavy atom. The molecule has 4 nitrogen and oxygen atoms in total. The summed E-state index contributed by atoms with van der Waals surface area (Å²) in [5.74, 6) is 1.24. The van der Waals surface area contributed by atoms with Crippen LogP contribution in [0.15, 0.2) is 12.1 Å². The van der Waals surface area contributed by atoms with Gasteiger partial charge in [-0.25, -0.2) is 0 Å². The Hall–Kier alpha value is -0.970. The van der Waals surface area contributed by atoms with E-state index in [4.69, 9.17) is 21.1 Å². The lowest BCUT2D eigenvalue weighted by Gasteiger charge is -2.28. The van der Waals surface area contributed by atoms with Crippen molar-refractivity contribution in [1.29, 1.82) is 0 Å². The maximum absolute atomic E-state index is 6.37. The van der Waals surface area contributed by atoms with Crippen LogP contribution in [0.2, 0.25) is 5.02 Å². The first-order valence-electron chi connectivity index (χ1n) is 7.05. The predicted molar refractivity (Wildman–Crippen MR) is 88.6 cm³/mol. The molecule has 5 heteroatoms. The molecule has 120 valence electrons. The van der Waals surface area contributed by atoms with E-state index in [1.807, 2.05) is 12.1 Å². The maximum atomic E-state index is 6.37. The zero-order chi connectivity index (χ0) is 16.0. The van der Waals surface area contributed by atoms with E-state index in [0.717, 1.165) is 18.7 Å². The Morgan fingerprint density at radius 3 is 2.38 bits per heavy atom. The highest BCUT2D eigenvalue weighted by Crippen LogP contribution is 2.37. The van der Waals surface area contributed by atoms with Crippen molar-refractivity contribution in [3.8, 4) is 11.5 Å². The van der Waals surface area contributed by atoms with Gasteiger partial charge in [0.25, 0.3) is 0 Å². The summed E-state index contributed by atoms with van der Waals surface area (Å²) in [7, 11) is 7.39. The monoisotopic (exact) mass is 314 g/mol. The van der Waals surface area contributed by atoms with Gasteiger partial charge in [-0.15, -0.1) is 0 Å². The van der Waals surface area contributed by atoms with Gasteiger partial charge in [-0.05, 0) is 31.1 Å². The molecule has 0 unspecified atom stereocenters. The summed E-state index contributed by atoms with van der Waals surface area (Å²) in [6.07, 6.45) is 0. The molecule has 0 aromatic heterocycles. The molecule has 0 fully saturated rings. The molecular formula is C16H27ClN2O2. The number of hydrogen-bond acceptors (Lipinski definition) is 4. The first-order chi connectivity index (χ1) is 9.80. The van der Waals surface area contributed by atoms with Crippen molar-refractivity contribution in [3.05, 3.63) is 22.7 Å². The fourth-order valence-corrected chi connectivity index (χ4v) is 2.81. The minimum atomic E-state index is 0.201. The Balaban J connectivity index is 2.68. The fraction of sp³-hybridized carbons (Fsp3) is 0.625. The van der Waals surface area contributed by atoms with Crippen LogP contribution < -0.4 is 14.8 Å². The van der Waals surface area contributed by atoms with Gasteiger partial charge in [0.1, 0.15) is 0 Å². The summed E-state index contributed by atoms with van der Waals surface area (Å²) in [6.45, 7) is 7.14. The molecule has 0 saturated carbocycles. The SMILES string of the molecule is COc1ccc(CNCC(C)(C)CN(C)C)c(Cl)c1OC. The largest absolute Gasteiger partial charge is 0.493 e. The molecule has 0 heterocycles. The lowest BCUT2D eigenvalue weighted by atomic mass is 9.93. The topological polar surface area (TPSA) is 33.7 Å². The van der Waals surface area contributed by atoms with Crippen molar-refractivity contribution in [1.82, 2.24) is 10.2 Å². The Bertz CT molecular complexity index is 462. The first-order valence-corrected chi connectivity index (χ1v) is 7.43. The second-order valence-electron chi connectivity index (χ2n) is 6.28. The van der Waals surface area contributed by atoms with Crippen LogP contribution in [0.1, 0.15) is 19.4 Å². The molecule has 0 atom stereocenters. The molecule has 1 rings (SSSR count). The van der Waals surface area contributed by atoms with Crippen LogP contribution in [-0.4, -0.2) is 46.3 Å². The van der Waals surface area contributed by atoms with Crippen molar-refractivity contribution in [3.63, 3.8) is 0 Å². The summed E-state index contributed by atoms with van der Waals surface area (Å²) in [4.78, 5) is 2.20. The van der Waals surface area contributed by atoms with E-state index in [0.29, 0.717) is 23.1 Å². The third kappa shape index (κ3) is 5.38. The van der Waals surface area contributed by atoms with E-state index in [2.05, 4.69) is 38.2 Å². The maximum Gasteiger partial charge on any atom is 0.179 e. The van der Waals surface area contributed by atoms with E-state index in [1.165, 1.54) is 0 Å². The molecule has 0 amide bonds. The lowest BCUT2D eigenvalue weighted by molar-refractivity contribution is 0.232. The summed E-state index contributed by atoms with van der Waals surface area (Å²) in [6, 6.07) is 3.85. The van der Waals surface area contributed by atoms with E-state index in [1.54, 1.807) is 14.2 Å². The Morgan fingerprint density at radius 1 is 1.19 bits per heavy atom. The number of rotatable bonds is 8. The zero-order valence-corrected chi connectivity index (χ0v) is 14.7. The molecular weight excluding hydrogens is 288 g/mol. The van der Waals surface area contributed by atoms with Gasteiger partial charge >= 0.3 is 0 Å². The number of nitrogens with one attached hydrogen (secondary N) is 1. The quantitative estimate of drug-likeness (QED) is 0.799. The average molecular weight is 315 g/mol. The van der Waals surface area contributed by atoms with E-state index in [-0.39, 0.29) is 5.41 Å². The number of halogens is 1. The van der Waals surface area contributed by atoms with E-state index in [9.17, 15) is 0 Å². The number of ether oxygens (including phenoxy) is 2. The van der Waals surface area contributed by atoms with E-state index >= 15 is 0 Å². The highest BCUT2D eigenvalue weighted by molar-refractivity contribution is 6.33. The highest BCUT2D eigenvalue weighted by atomic mass is 35.5. The molecule has 0 saturated heterocycles. The van der Waals surface area contributed by atoms with Crippen LogP contribution >= 0.6 is 11.6 Å². The van der Waals surface area contributed by atoms with Gasteiger partial charge in [-0.2, -0.15) is 0 Å². The standard InChI is InChI=1S/C16H27ClN2O2/c1-16(2,11-19(3)4)10-18-9-12-7-8-13(20-5)15(21-6)14(12)17/h7-8,18H,9-11H2,1-6H3. The minimum Gasteiger partial charge on any atom is -0.493 e. The van der Waals surface area contributed by atoms with Gasteiger partial charge in [-0.3, -0.25) is 0 Å². The molecule has 0 aliphatic rings. The summed E-state index contributed by atoms with van der Waals surface area (Å²) in [5, 5.41) is 4.08. The van der Waals surface area contributed by atoms with Gasteiger partial charge in [-0.1, -0.05) is 31.5 Å². The Kier molecular flexibility index (Phi) is 6.78. The van der Waals surface area contributed by atoms with Crippen LogP contribution in [0, 0.1) is 5.41 Å². The van der Waals surface area contributed by atoms with Gasteiger partial charge in [0, 0.05) is 19.6 Å². The molecule has 0 aliphatic heterocycles. The number of benzene rings is 1. The van der Waals surface area contributed by atoms with Crippen LogP contribution in [0.5, 0.6) is 11.5 Å². The second-order valence-corrected chi connectivity index (χ2v) is 6.66. The minimum absolute atomic E-state index is 0.201. The first kappa shape index (κ1) is 18.1. The van der Waals surface area contributed by atoms with Crippen molar-refractivity contribution in [2.45, 2.75) is 20.4 Å². The summed E-state index contributed by atoms with van der Waals surface area (Å²) in [5.41, 5.74) is 1.21. The molecule has 21 heavy (non-hydrogen) atoms. The van der Waals surface area contributed by atoms with Gasteiger partial charge in [0.05, 0.1) is 19.2 Å². The molecule has 0 radical (unpaired) electrons. The third-order valence-corrected chi connectivity index (χ3v) is 3.64. The normalized spacial score (nSPS) is 11.8. The molecule has 0 aliphatic carbocycles. The molecule has 0 spiro atoms. The predicted octanol–water partition coefficient (Wildman–Crippen LogP) is 3.03. The van der Waals surface area contributed by atoms with Gasteiger partial charge in [0.2, 0.25) is 0 Å². The molecule has 0 bridgehead atoms. The zero-order valence-electron chi connectivity index (χ0n) is 13.9. The molecule has 1 aromatic carbocycles. The molecule has 1 N–H and O–H groups in total. The average Bonchev–Trinajstić information content (AvgIpc) is 2.38. The number of nitrogens with zero attached hydrogens (tertiary/aromatic N) is 1. The second kappa shape index (κ2) is 7.87. The van der Waals surface area contributed by atoms with Crippen LogP contribution in [0.3, 0.4) is 0 Å². The Labute approximate surface area is 133 Å². The third-order valence-electron chi connectivity index (χ3n) is 3.23. The van der Waals surface area contributed by atoms with Crippen molar-refractivity contribution >= 4 is 11.6 Å². The summed E-state index contributed by atoms with van der Waals surface area (Å²) < 4.78 is 10.6. The summed E-state index contributed by atoms with van der Waals surface area (Å²) >= 11 is 6.37. The van der Waals surface area contributed by atoms with Crippen molar-refractivity contribution in [2.75, 3.05) is 41.4 Å². The van der Waals surface area contributed by atoms with Gasteiger partial charge in [0.15, 0.2) is 11.5 Å². The van der Waals surface area contributed by atoms with Crippen molar-refractivity contribution < 1.29 is 9.47 Å². The van der Waals surface area contributed by atoms with E-state index < -0.39 is 0 Å². The highest BCUT2D eigenvalue weighted by Gasteiger charge is 2.19. The van der Waals surface area contributed by atoms with Crippen LogP contribution in [0.4, 0.5) is 0 Å². The number of methoxy groups -OCH3 is 2. The fourth-order valence-electron chi connectivity index (χ4n) is 2.51. The van der Waals surface area contributed by atoms with Crippen LogP contribution in [0.25, 0.3) is 0 Å². The lowest BCUT2D eigenvalue weighted by Crippen LogP contribution is -2.37. The smallest absolute Gasteiger partial charge is 0.179 e.